The Kier molecular flexibility index (Phi) is 7.05. The van der Waals surface area contributed by atoms with Gasteiger partial charge in [0.2, 0.25) is 5.91 Å². The first kappa shape index (κ1) is 21.5. The topological polar surface area (TPSA) is 69.0 Å². The summed E-state index contributed by atoms with van der Waals surface area (Å²) in [5, 5.41) is 13.0. The van der Waals surface area contributed by atoms with Gasteiger partial charge in [0.05, 0.1) is 10.8 Å². The largest absolute Gasteiger partial charge is 0.481 e. The molecule has 1 amide bonds. The van der Waals surface area contributed by atoms with E-state index in [1.165, 1.54) is 11.8 Å². The number of ether oxygens (including phenoxy) is 1. The van der Waals surface area contributed by atoms with Crippen molar-refractivity contribution >= 4 is 46.6 Å². The molecule has 0 aliphatic rings. The van der Waals surface area contributed by atoms with Crippen LogP contribution in [0.15, 0.2) is 47.6 Å². The number of halogens is 2. The number of para-hydroxylation sites is 1. The second kappa shape index (κ2) is 9.52. The Labute approximate surface area is 183 Å². The van der Waals surface area contributed by atoms with Gasteiger partial charge in [-0.05, 0) is 43.7 Å². The summed E-state index contributed by atoms with van der Waals surface area (Å²) >= 11 is 13.4. The molecule has 0 saturated heterocycles. The maximum absolute atomic E-state index is 12.3. The number of aromatic nitrogens is 3. The van der Waals surface area contributed by atoms with Crippen molar-refractivity contribution in [3.05, 3.63) is 63.9 Å². The van der Waals surface area contributed by atoms with Gasteiger partial charge in [0, 0.05) is 17.8 Å². The van der Waals surface area contributed by atoms with Crippen molar-refractivity contribution in [1.29, 1.82) is 0 Å². The van der Waals surface area contributed by atoms with E-state index in [2.05, 4.69) is 15.5 Å². The summed E-state index contributed by atoms with van der Waals surface area (Å²) in [6.07, 6.45) is -0.357. The molecule has 3 aromatic rings. The van der Waals surface area contributed by atoms with E-state index in [0.717, 1.165) is 5.56 Å². The number of nitrogens with zero attached hydrogens (tertiary/aromatic N) is 3. The number of carbonyl (C=O) groups is 1. The van der Waals surface area contributed by atoms with E-state index in [1.807, 2.05) is 43.7 Å². The highest BCUT2D eigenvalue weighted by Gasteiger charge is 2.19. The van der Waals surface area contributed by atoms with Crippen molar-refractivity contribution in [2.24, 2.45) is 7.05 Å². The molecule has 9 heteroatoms. The average Bonchev–Trinajstić information content (AvgIpc) is 3.05. The van der Waals surface area contributed by atoms with Crippen LogP contribution in [-0.4, -0.2) is 26.4 Å². The van der Waals surface area contributed by atoms with Gasteiger partial charge >= 0.3 is 0 Å². The van der Waals surface area contributed by atoms with Crippen LogP contribution in [0, 0.1) is 6.92 Å². The smallest absolute Gasteiger partial charge is 0.234 e. The number of benzene rings is 2. The van der Waals surface area contributed by atoms with Crippen molar-refractivity contribution in [3.8, 4) is 5.75 Å². The number of thioether (sulfide) groups is 1. The first-order valence-electron chi connectivity index (χ1n) is 8.84. The Morgan fingerprint density at radius 2 is 2.00 bits per heavy atom. The summed E-state index contributed by atoms with van der Waals surface area (Å²) < 4.78 is 7.71. The highest BCUT2D eigenvalue weighted by molar-refractivity contribution is 7.99. The SMILES string of the molecule is Cc1ccc(Cl)cc1NC(=O)CSc1nnc([C@H](C)Oc2ccccc2Cl)n1C. The van der Waals surface area contributed by atoms with Gasteiger partial charge in [-0.2, -0.15) is 0 Å². The van der Waals surface area contributed by atoms with Crippen molar-refractivity contribution in [2.45, 2.75) is 25.1 Å². The minimum atomic E-state index is -0.357. The second-order valence-corrected chi connectivity index (χ2v) is 8.17. The quantitative estimate of drug-likeness (QED) is 0.494. The average molecular weight is 451 g/mol. The maximum atomic E-state index is 12.3. The molecular formula is C20H20Cl2N4O2S. The van der Waals surface area contributed by atoms with Gasteiger partial charge in [-0.1, -0.05) is 53.2 Å². The first-order valence-corrected chi connectivity index (χ1v) is 10.6. The summed E-state index contributed by atoms with van der Waals surface area (Å²) in [6.45, 7) is 3.78. The Morgan fingerprint density at radius 1 is 1.24 bits per heavy atom. The van der Waals surface area contributed by atoms with Gasteiger partial charge in [-0.15, -0.1) is 10.2 Å². The third kappa shape index (κ3) is 5.44. The highest BCUT2D eigenvalue weighted by Crippen LogP contribution is 2.29. The van der Waals surface area contributed by atoms with E-state index in [0.29, 0.717) is 32.5 Å². The predicted molar refractivity (Wildman–Crippen MR) is 117 cm³/mol. The van der Waals surface area contributed by atoms with E-state index in [9.17, 15) is 4.79 Å². The molecular weight excluding hydrogens is 431 g/mol. The van der Waals surface area contributed by atoms with E-state index in [1.54, 1.807) is 24.3 Å². The third-order valence-corrected chi connectivity index (χ3v) is 5.75. The molecule has 0 unspecified atom stereocenters. The number of hydrogen-bond donors (Lipinski definition) is 1. The molecule has 0 radical (unpaired) electrons. The molecule has 1 atom stereocenters. The van der Waals surface area contributed by atoms with Crippen LogP contribution in [0.4, 0.5) is 5.69 Å². The molecule has 0 aliphatic carbocycles. The fourth-order valence-corrected chi connectivity index (χ4v) is 3.71. The summed E-state index contributed by atoms with van der Waals surface area (Å²) in [6, 6.07) is 12.6. The number of hydrogen-bond acceptors (Lipinski definition) is 5. The molecule has 152 valence electrons. The molecule has 0 bridgehead atoms. The van der Waals surface area contributed by atoms with Crippen LogP contribution in [0.1, 0.15) is 24.4 Å². The predicted octanol–water partition coefficient (Wildman–Crippen LogP) is 5.30. The van der Waals surface area contributed by atoms with Crippen molar-refractivity contribution in [1.82, 2.24) is 14.8 Å². The van der Waals surface area contributed by atoms with E-state index < -0.39 is 0 Å². The van der Waals surface area contributed by atoms with Crippen molar-refractivity contribution < 1.29 is 9.53 Å². The van der Waals surface area contributed by atoms with E-state index in [4.69, 9.17) is 27.9 Å². The van der Waals surface area contributed by atoms with Crippen LogP contribution in [0.5, 0.6) is 5.75 Å². The number of anilines is 1. The molecule has 0 aliphatic heterocycles. The van der Waals surface area contributed by atoms with Crippen LogP contribution in [0.2, 0.25) is 10.0 Å². The Morgan fingerprint density at radius 3 is 2.76 bits per heavy atom. The number of nitrogens with one attached hydrogen (secondary N) is 1. The number of carbonyl (C=O) groups excluding carboxylic acids is 1. The molecule has 29 heavy (non-hydrogen) atoms. The van der Waals surface area contributed by atoms with Gasteiger partial charge < -0.3 is 14.6 Å². The van der Waals surface area contributed by atoms with Crippen molar-refractivity contribution in [2.75, 3.05) is 11.1 Å². The zero-order valence-electron chi connectivity index (χ0n) is 16.1. The van der Waals surface area contributed by atoms with Gasteiger partial charge in [0.1, 0.15) is 5.75 Å². The van der Waals surface area contributed by atoms with Crippen LogP contribution >= 0.6 is 35.0 Å². The van der Waals surface area contributed by atoms with Gasteiger partial charge in [0.15, 0.2) is 17.1 Å². The first-order chi connectivity index (χ1) is 13.8. The lowest BCUT2D eigenvalue weighted by Gasteiger charge is -2.15. The molecule has 0 fully saturated rings. The molecule has 1 heterocycles. The fraction of sp³-hybridized carbons (Fsp3) is 0.250. The summed E-state index contributed by atoms with van der Waals surface area (Å²) in [5.74, 6) is 1.26. The lowest BCUT2D eigenvalue weighted by molar-refractivity contribution is -0.113. The van der Waals surface area contributed by atoms with Crippen LogP contribution < -0.4 is 10.1 Å². The van der Waals surface area contributed by atoms with Gasteiger partial charge in [-0.25, -0.2) is 0 Å². The molecule has 2 aromatic carbocycles. The summed E-state index contributed by atoms with van der Waals surface area (Å²) in [7, 11) is 1.84. The number of amides is 1. The minimum Gasteiger partial charge on any atom is -0.481 e. The van der Waals surface area contributed by atoms with Crippen molar-refractivity contribution in [3.63, 3.8) is 0 Å². The Hall–Kier alpha value is -2.22. The summed E-state index contributed by atoms with van der Waals surface area (Å²) in [4.78, 5) is 12.3. The zero-order valence-corrected chi connectivity index (χ0v) is 18.5. The molecule has 0 spiro atoms. The van der Waals surface area contributed by atoms with Crippen LogP contribution in [0.3, 0.4) is 0 Å². The van der Waals surface area contributed by atoms with E-state index in [-0.39, 0.29) is 17.8 Å². The number of aryl methyl sites for hydroxylation is 1. The maximum Gasteiger partial charge on any atom is 0.234 e. The zero-order chi connectivity index (χ0) is 21.0. The highest BCUT2D eigenvalue weighted by atomic mass is 35.5. The van der Waals surface area contributed by atoms with Gasteiger partial charge in [0.25, 0.3) is 0 Å². The van der Waals surface area contributed by atoms with Crippen LogP contribution in [0.25, 0.3) is 0 Å². The van der Waals surface area contributed by atoms with Gasteiger partial charge in [-0.3, -0.25) is 4.79 Å². The fourth-order valence-electron chi connectivity index (χ4n) is 2.63. The lowest BCUT2D eigenvalue weighted by Crippen LogP contribution is -2.15. The normalized spacial score (nSPS) is 11.9. The molecule has 6 nitrogen and oxygen atoms in total. The minimum absolute atomic E-state index is 0.148. The van der Waals surface area contributed by atoms with E-state index >= 15 is 0 Å². The number of rotatable bonds is 7. The molecule has 1 N–H and O–H groups in total. The Bertz CT molecular complexity index is 1030. The molecule has 1 aromatic heterocycles. The standard InChI is InChI=1S/C20H20Cl2N4O2S/c1-12-8-9-14(21)10-16(12)23-18(27)11-29-20-25-24-19(26(20)3)13(2)28-17-7-5-4-6-15(17)22/h4-10,13H,11H2,1-3H3,(H,23,27)/t13-/m0/s1. The molecule has 0 saturated carbocycles. The van der Waals surface area contributed by atoms with Crippen LogP contribution in [-0.2, 0) is 11.8 Å². The third-order valence-electron chi connectivity index (χ3n) is 4.18. The Balaban J connectivity index is 1.61. The molecule has 3 rings (SSSR count). The monoisotopic (exact) mass is 450 g/mol. The summed E-state index contributed by atoms with van der Waals surface area (Å²) in [5.41, 5.74) is 1.64. The lowest BCUT2D eigenvalue weighted by atomic mass is 10.2. The second-order valence-electron chi connectivity index (χ2n) is 6.39.